The molecule has 1 aliphatic carbocycles. The smallest absolute Gasteiger partial charge is 0.233 e. The molecule has 4 heteroatoms. The van der Waals surface area contributed by atoms with Gasteiger partial charge in [-0.15, -0.1) is 5.10 Å². The van der Waals surface area contributed by atoms with Crippen LogP contribution in [0.4, 0.5) is 0 Å². The number of rotatable bonds is 7. The molecule has 0 unspecified atom stereocenters. The van der Waals surface area contributed by atoms with Crippen molar-refractivity contribution in [2.45, 2.75) is 52.5 Å². The van der Waals surface area contributed by atoms with Gasteiger partial charge in [0.05, 0.1) is 12.3 Å². The molecular weight excluding hydrogens is 250 g/mol. The number of nitrogens with one attached hydrogen (secondary N) is 1. The van der Waals surface area contributed by atoms with Crippen molar-refractivity contribution in [3.05, 3.63) is 17.8 Å². The molecule has 0 saturated heterocycles. The Kier molecular flexibility index (Phi) is 6.25. The molecule has 1 saturated carbocycles. The van der Waals surface area contributed by atoms with Crippen LogP contribution in [0.2, 0.25) is 0 Å². The van der Waals surface area contributed by atoms with Crippen molar-refractivity contribution in [1.82, 2.24) is 15.5 Å². The molecule has 112 valence electrons. The minimum atomic E-state index is 0.654. The lowest BCUT2D eigenvalue weighted by Gasteiger charge is -2.21. The van der Waals surface area contributed by atoms with E-state index >= 15 is 0 Å². The van der Waals surface area contributed by atoms with Gasteiger partial charge in [0.2, 0.25) is 5.88 Å². The summed E-state index contributed by atoms with van der Waals surface area (Å²) in [6.07, 6.45) is 6.67. The van der Waals surface area contributed by atoms with Crippen LogP contribution >= 0.6 is 0 Å². The van der Waals surface area contributed by atoms with Crippen molar-refractivity contribution in [3.63, 3.8) is 0 Å². The molecule has 1 heterocycles. The van der Waals surface area contributed by atoms with E-state index < -0.39 is 0 Å². The van der Waals surface area contributed by atoms with E-state index in [2.05, 4.69) is 29.4 Å². The maximum atomic E-state index is 5.75. The standard InChI is InChI=1S/C16H27N3O/c1-13(2)10-17-11-15-8-9-16(19-18-15)20-12-14-6-4-3-5-7-14/h8-9,13-14,17H,3-7,10-12H2,1-2H3. The van der Waals surface area contributed by atoms with Crippen LogP contribution in [-0.2, 0) is 6.54 Å². The molecule has 1 aromatic rings. The highest BCUT2D eigenvalue weighted by Gasteiger charge is 2.14. The van der Waals surface area contributed by atoms with Crippen molar-refractivity contribution in [2.24, 2.45) is 11.8 Å². The molecule has 0 atom stereocenters. The summed E-state index contributed by atoms with van der Waals surface area (Å²) >= 11 is 0. The molecular formula is C16H27N3O. The zero-order valence-electron chi connectivity index (χ0n) is 12.8. The lowest BCUT2D eigenvalue weighted by atomic mass is 9.90. The fourth-order valence-corrected chi connectivity index (χ4v) is 2.56. The molecule has 0 amide bonds. The van der Waals surface area contributed by atoms with Crippen molar-refractivity contribution < 1.29 is 4.74 Å². The fraction of sp³-hybridized carbons (Fsp3) is 0.750. The Labute approximate surface area is 122 Å². The fourth-order valence-electron chi connectivity index (χ4n) is 2.56. The van der Waals surface area contributed by atoms with Gasteiger partial charge < -0.3 is 10.1 Å². The van der Waals surface area contributed by atoms with E-state index in [9.17, 15) is 0 Å². The minimum Gasteiger partial charge on any atom is -0.476 e. The van der Waals surface area contributed by atoms with E-state index in [1.165, 1.54) is 32.1 Å². The Morgan fingerprint density at radius 1 is 1.20 bits per heavy atom. The zero-order chi connectivity index (χ0) is 14.2. The molecule has 1 aromatic heterocycles. The first-order valence-corrected chi connectivity index (χ1v) is 7.90. The summed E-state index contributed by atoms with van der Waals surface area (Å²) in [5.41, 5.74) is 0.968. The van der Waals surface area contributed by atoms with Gasteiger partial charge in [-0.1, -0.05) is 33.1 Å². The maximum absolute atomic E-state index is 5.75. The predicted molar refractivity (Wildman–Crippen MR) is 80.6 cm³/mol. The maximum Gasteiger partial charge on any atom is 0.233 e. The lowest BCUT2D eigenvalue weighted by molar-refractivity contribution is 0.201. The normalized spacial score (nSPS) is 16.6. The van der Waals surface area contributed by atoms with Crippen LogP contribution in [0, 0.1) is 11.8 Å². The largest absolute Gasteiger partial charge is 0.476 e. The third-order valence-electron chi connectivity index (χ3n) is 3.75. The van der Waals surface area contributed by atoms with Crippen LogP contribution in [0.15, 0.2) is 12.1 Å². The Bertz CT molecular complexity index is 372. The predicted octanol–water partition coefficient (Wildman–Crippen LogP) is 3.18. The highest BCUT2D eigenvalue weighted by atomic mass is 16.5. The molecule has 2 rings (SSSR count). The van der Waals surface area contributed by atoms with Crippen molar-refractivity contribution >= 4 is 0 Å². The van der Waals surface area contributed by atoms with Crippen molar-refractivity contribution in [1.29, 1.82) is 0 Å². The van der Waals surface area contributed by atoms with Crippen LogP contribution in [0.5, 0.6) is 5.88 Å². The second-order valence-corrected chi connectivity index (χ2v) is 6.20. The summed E-state index contributed by atoms with van der Waals surface area (Å²) < 4.78 is 5.75. The zero-order valence-corrected chi connectivity index (χ0v) is 12.8. The first-order chi connectivity index (χ1) is 9.74. The topological polar surface area (TPSA) is 47.0 Å². The van der Waals surface area contributed by atoms with Gasteiger partial charge in [0.25, 0.3) is 0 Å². The Morgan fingerprint density at radius 2 is 2.00 bits per heavy atom. The molecule has 0 radical (unpaired) electrons. The monoisotopic (exact) mass is 277 g/mol. The van der Waals surface area contributed by atoms with Crippen molar-refractivity contribution in [2.75, 3.05) is 13.2 Å². The number of ether oxygens (including phenoxy) is 1. The van der Waals surface area contributed by atoms with Crippen LogP contribution in [0.25, 0.3) is 0 Å². The minimum absolute atomic E-state index is 0.654. The Morgan fingerprint density at radius 3 is 2.65 bits per heavy atom. The summed E-state index contributed by atoms with van der Waals surface area (Å²) in [6.45, 7) is 6.96. The van der Waals surface area contributed by atoms with Gasteiger partial charge >= 0.3 is 0 Å². The first kappa shape index (κ1) is 15.2. The van der Waals surface area contributed by atoms with Gasteiger partial charge in [-0.3, -0.25) is 0 Å². The second kappa shape index (κ2) is 8.20. The van der Waals surface area contributed by atoms with Gasteiger partial charge in [-0.05, 0) is 37.3 Å². The molecule has 20 heavy (non-hydrogen) atoms. The van der Waals surface area contributed by atoms with E-state index in [0.717, 1.165) is 25.4 Å². The average Bonchev–Trinajstić information content (AvgIpc) is 2.47. The molecule has 0 bridgehead atoms. The van der Waals surface area contributed by atoms with Gasteiger partial charge in [0.1, 0.15) is 0 Å². The summed E-state index contributed by atoms with van der Waals surface area (Å²) in [7, 11) is 0. The second-order valence-electron chi connectivity index (χ2n) is 6.20. The average molecular weight is 277 g/mol. The summed E-state index contributed by atoms with van der Waals surface area (Å²) in [5, 5.41) is 11.7. The van der Waals surface area contributed by atoms with E-state index in [4.69, 9.17) is 4.74 Å². The number of hydrogen-bond donors (Lipinski definition) is 1. The van der Waals surface area contributed by atoms with Crippen LogP contribution in [0.3, 0.4) is 0 Å². The third-order valence-corrected chi connectivity index (χ3v) is 3.75. The molecule has 4 nitrogen and oxygen atoms in total. The molecule has 0 spiro atoms. The summed E-state index contributed by atoms with van der Waals surface area (Å²) in [4.78, 5) is 0. The highest BCUT2D eigenvalue weighted by molar-refractivity contribution is 5.11. The number of aromatic nitrogens is 2. The van der Waals surface area contributed by atoms with Crippen LogP contribution in [-0.4, -0.2) is 23.3 Å². The van der Waals surface area contributed by atoms with Gasteiger partial charge in [-0.25, -0.2) is 0 Å². The molecule has 0 aliphatic heterocycles. The SMILES string of the molecule is CC(C)CNCc1ccc(OCC2CCCCC2)nn1. The summed E-state index contributed by atoms with van der Waals surface area (Å²) in [6, 6.07) is 3.93. The highest BCUT2D eigenvalue weighted by Crippen LogP contribution is 2.24. The molecule has 0 aromatic carbocycles. The van der Waals surface area contributed by atoms with E-state index in [1.54, 1.807) is 0 Å². The Hall–Kier alpha value is -1.16. The van der Waals surface area contributed by atoms with E-state index in [0.29, 0.717) is 17.7 Å². The van der Waals surface area contributed by atoms with E-state index in [-0.39, 0.29) is 0 Å². The van der Waals surface area contributed by atoms with Gasteiger partial charge in [0, 0.05) is 12.6 Å². The Balaban J connectivity index is 1.70. The summed E-state index contributed by atoms with van der Waals surface area (Å²) in [5.74, 6) is 2.02. The third kappa shape index (κ3) is 5.45. The van der Waals surface area contributed by atoms with Crippen LogP contribution < -0.4 is 10.1 Å². The van der Waals surface area contributed by atoms with Crippen molar-refractivity contribution in [3.8, 4) is 5.88 Å². The molecule has 1 aliphatic rings. The molecule has 1 fully saturated rings. The number of hydrogen-bond acceptors (Lipinski definition) is 4. The van der Waals surface area contributed by atoms with E-state index in [1.807, 2.05) is 12.1 Å². The first-order valence-electron chi connectivity index (χ1n) is 7.90. The molecule has 1 N–H and O–H groups in total. The number of nitrogens with zero attached hydrogens (tertiary/aromatic N) is 2. The quantitative estimate of drug-likeness (QED) is 0.831. The van der Waals surface area contributed by atoms with Crippen LogP contribution in [0.1, 0.15) is 51.6 Å². The lowest BCUT2D eigenvalue weighted by Crippen LogP contribution is -2.20. The van der Waals surface area contributed by atoms with Gasteiger partial charge in [0.15, 0.2) is 0 Å². The van der Waals surface area contributed by atoms with Gasteiger partial charge in [-0.2, -0.15) is 5.10 Å².